The molecular formula is C11H13NO3. The molecule has 0 spiro atoms. The van der Waals surface area contributed by atoms with Gasteiger partial charge in [-0.25, -0.2) is 4.79 Å². The van der Waals surface area contributed by atoms with Crippen LogP contribution in [-0.2, 0) is 9.53 Å². The van der Waals surface area contributed by atoms with E-state index in [0.717, 1.165) is 0 Å². The fourth-order valence-corrected chi connectivity index (χ4v) is 0.844. The van der Waals surface area contributed by atoms with Crippen LogP contribution in [0.15, 0.2) is 10.6 Å². The third-order valence-electron chi connectivity index (χ3n) is 1.32. The van der Waals surface area contributed by atoms with Gasteiger partial charge in [-0.1, -0.05) is 5.16 Å². The van der Waals surface area contributed by atoms with Crippen LogP contribution in [0.2, 0.25) is 0 Å². The average molecular weight is 207 g/mol. The Hall–Kier alpha value is -1.76. The van der Waals surface area contributed by atoms with Crippen molar-refractivity contribution in [3.8, 4) is 11.8 Å². The zero-order valence-electron chi connectivity index (χ0n) is 9.25. The predicted octanol–water partition coefficient (Wildman–Crippen LogP) is 1.68. The van der Waals surface area contributed by atoms with E-state index >= 15 is 0 Å². The van der Waals surface area contributed by atoms with Crippen molar-refractivity contribution in [2.45, 2.75) is 33.3 Å². The largest absolute Gasteiger partial charge is 0.450 e. The van der Waals surface area contributed by atoms with E-state index in [1.165, 1.54) is 0 Å². The van der Waals surface area contributed by atoms with Gasteiger partial charge in [0.2, 0.25) is 0 Å². The van der Waals surface area contributed by atoms with Gasteiger partial charge in [-0.15, -0.1) is 0 Å². The van der Waals surface area contributed by atoms with E-state index in [-0.39, 0.29) is 0 Å². The van der Waals surface area contributed by atoms with Crippen LogP contribution in [0.25, 0.3) is 0 Å². The molecule has 15 heavy (non-hydrogen) atoms. The van der Waals surface area contributed by atoms with Crippen molar-refractivity contribution in [1.82, 2.24) is 5.16 Å². The molecule has 1 aromatic rings. The molecule has 0 unspecified atom stereocenters. The number of ether oxygens (including phenoxy) is 1. The van der Waals surface area contributed by atoms with Crippen molar-refractivity contribution in [2.24, 2.45) is 0 Å². The molecule has 0 N–H and O–H groups in total. The highest BCUT2D eigenvalue weighted by molar-refractivity contribution is 5.89. The molecule has 0 aliphatic rings. The molecule has 1 aromatic heterocycles. The summed E-state index contributed by atoms with van der Waals surface area (Å²) in [6, 6.07) is 1.65. The van der Waals surface area contributed by atoms with E-state index in [1.54, 1.807) is 33.8 Å². The molecular weight excluding hydrogens is 194 g/mol. The second-order valence-corrected chi connectivity index (χ2v) is 4.07. The van der Waals surface area contributed by atoms with Gasteiger partial charge >= 0.3 is 5.97 Å². The minimum atomic E-state index is -0.567. The van der Waals surface area contributed by atoms with Crippen molar-refractivity contribution in [3.63, 3.8) is 0 Å². The molecule has 0 saturated heterocycles. The Morgan fingerprint density at radius 3 is 2.67 bits per heavy atom. The van der Waals surface area contributed by atoms with Crippen molar-refractivity contribution < 1.29 is 14.1 Å². The Balaban J connectivity index is 2.63. The van der Waals surface area contributed by atoms with E-state index in [1.807, 2.05) is 0 Å². The lowest BCUT2D eigenvalue weighted by Gasteiger charge is -2.16. The quantitative estimate of drug-likeness (QED) is 0.479. The van der Waals surface area contributed by atoms with Crippen LogP contribution in [0.3, 0.4) is 0 Å². The fraction of sp³-hybridized carbons (Fsp3) is 0.455. The van der Waals surface area contributed by atoms with Gasteiger partial charge < -0.3 is 9.26 Å². The summed E-state index contributed by atoms with van der Waals surface area (Å²) in [7, 11) is 0. The summed E-state index contributed by atoms with van der Waals surface area (Å²) in [4.78, 5) is 11.2. The number of hydrogen-bond acceptors (Lipinski definition) is 4. The summed E-state index contributed by atoms with van der Waals surface area (Å²) in [5.74, 6) is 4.98. The van der Waals surface area contributed by atoms with Crippen LogP contribution in [0, 0.1) is 18.8 Å². The summed E-state index contributed by atoms with van der Waals surface area (Å²) >= 11 is 0. The number of aromatic nitrogens is 1. The molecule has 80 valence electrons. The lowest BCUT2D eigenvalue weighted by atomic mass is 10.2. The maximum absolute atomic E-state index is 11.2. The number of carbonyl (C=O) groups is 1. The number of nitrogens with zero attached hydrogens (tertiary/aromatic N) is 1. The minimum absolute atomic E-state index is 0.429. The van der Waals surface area contributed by atoms with E-state index in [0.29, 0.717) is 11.5 Å². The fourth-order valence-electron chi connectivity index (χ4n) is 0.844. The van der Waals surface area contributed by atoms with E-state index in [4.69, 9.17) is 9.26 Å². The van der Waals surface area contributed by atoms with E-state index in [9.17, 15) is 4.79 Å². The Labute approximate surface area is 88.6 Å². The maximum Gasteiger partial charge on any atom is 0.385 e. The lowest BCUT2D eigenvalue weighted by molar-refractivity contribution is -0.147. The Morgan fingerprint density at radius 2 is 2.20 bits per heavy atom. The smallest absolute Gasteiger partial charge is 0.385 e. The zero-order chi connectivity index (χ0) is 11.5. The van der Waals surface area contributed by atoms with Gasteiger partial charge in [0.1, 0.15) is 11.4 Å². The number of hydrogen-bond donors (Lipinski definition) is 0. The molecule has 0 fully saturated rings. The highest BCUT2D eigenvalue weighted by Gasteiger charge is 2.14. The number of esters is 1. The van der Waals surface area contributed by atoms with E-state index in [2.05, 4.69) is 17.0 Å². The van der Waals surface area contributed by atoms with Gasteiger partial charge in [-0.3, -0.25) is 0 Å². The van der Waals surface area contributed by atoms with Crippen LogP contribution in [0.1, 0.15) is 32.2 Å². The molecule has 1 rings (SSSR count). The standard InChI is InChI=1S/C11H13NO3/c1-8-7-9(12-15-8)5-6-10(13)14-11(2,3)4/h7H,1-4H3. The lowest BCUT2D eigenvalue weighted by Crippen LogP contribution is -2.22. The van der Waals surface area contributed by atoms with Crippen molar-refractivity contribution in [1.29, 1.82) is 0 Å². The molecule has 0 atom stereocenters. The van der Waals surface area contributed by atoms with Crippen molar-refractivity contribution in [3.05, 3.63) is 17.5 Å². The zero-order valence-corrected chi connectivity index (χ0v) is 9.25. The third-order valence-corrected chi connectivity index (χ3v) is 1.32. The third kappa shape index (κ3) is 4.32. The summed E-state index contributed by atoms with van der Waals surface area (Å²) in [6.45, 7) is 7.11. The number of rotatable bonds is 0. The summed E-state index contributed by atoms with van der Waals surface area (Å²) in [5.41, 5.74) is -0.0933. The first kappa shape index (κ1) is 11.3. The second kappa shape index (κ2) is 4.18. The Kier molecular flexibility index (Phi) is 3.15. The maximum atomic E-state index is 11.2. The second-order valence-electron chi connectivity index (χ2n) is 4.07. The SMILES string of the molecule is Cc1cc(C#CC(=O)OC(C)(C)C)no1. The Bertz CT molecular complexity index is 415. The van der Waals surface area contributed by atoms with Crippen LogP contribution in [0.5, 0.6) is 0 Å². The predicted molar refractivity (Wildman–Crippen MR) is 54.0 cm³/mol. The highest BCUT2D eigenvalue weighted by atomic mass is 16.6. The van der Waals surface area contributed by atoms with Crippen LogP contribution in [-0.4, -0.2) is 16.7 Å². The van der Waals surface area contributed by atoms with Crippen LogP contribution < -0.4 is 0 Å². The highest BCUT2D eigenvalue weighted by Crippen LogP contribution is 2.06. The molecule has 0 bridgehead atoms. The number of aryl methyl sites for hydroxylation is 1. The first-order chi connectivity index (χ1) is 6.87. The van der Waals surface area contributed by atoms with Gasteiger partial charge in [0.15, 0.2) is 5.69 Å². The molecule has 0 aliphatic heterocycles. The van der Waals surface area contributed by atoms with Gasteiger partial charge in [-0.2, -0.15) is 0 Å². The monoisotopic (exact) mass is 207 g/mol. The van der Waals surface area contributed by atoms with Crippen molar-refractivity contribution in [2.75, 3.05) is 0 Å². The van der Waals surface area contributed by atoms with Gasteiger partial charge in [0, 0.05) is 12.0 Å². The average Bonchev–Trinajstić information content (AvgIpc) is 2.45. The van der Waals surface area contributed by atoms with Gasteiger partial charge in [0.05, 0.1) is 0 Å². The minimum Gasteiger partial charge on any atom is -0.450 e. The Morgan fingerprint density at radius 1 is 1.53 bits per heavy atom. The number of carbonyl (C=O) groups excluding carboxylic acids is 1. The van der Waals surface area contributed by atoms with E-state index < -0.39 is 11.6 Å². The van der Waals surface area contributed by atoms with Crippen molar-refractivity contribution >= 4 is 5.97 Å². The summed E-state index contributed by atoms with van der Waals surface area (Å²) < 4.78 is 9.79. The molecule has 0 amide bonds. The molecule has 0 saturated carbocycles. The molecule has 1 heterocycles. The molecule has 4 heteroatoms. The van der Waals surface area contributed by atoms with Crippen LogP contribution in [0.4, 0.5) is 0 Å². The van der Waals surface area contributed by atoms with Crippen LogP contribution >= 0.6 is 0 Å². The molecule has 0 aliphatic carbocycles. The van der Waals surface area contributed by atoms with Gasteiger partial charge in [0.25, 0.3) is 0 Å². The molecule has 4 nitrogen and oxygen atoms in total. The summed E-state index contributed by atoms with van der Waals surface area (Å²) in [6.07, 6.45) is 0. The summed E-state index contributed by atoms with van der Waals surface area (Å²) in [5, 5.41) is 3.63. The topological polar surface area (TPSA) is 52.3 Å². The molecule has 0 aromatic carbocycles. The first-order valence-electron chi connectivity index (χ1n) is 4.55. The normalized spacial score (nSPS) is 10.4. The van der Waals surface area contributed by atoms with Gasteiger partial charge in [-0.05, 0) is 33.6 Å². The first-order valence-corrected chi connectivity index (χ1v) is 4.55. The molecule has 0 radical (unpaired) electrons.